The third-order valence-corrected chi connectivity index (χ3v) is 4.30. The highest BCUT2D eigenvalue weighted by Crippen LogP contribution is 2.33. The van der Waals surface area contributed by atoms with Crippen molar-refractivity contribution in [3.63, 3.8) is 0 Å². The fourth-order valence-corrected chi connectivity index (χ4v) is 2.69. The third kappa shape index (κ3) is 5.73. The number of piperidine rings is 1. The highest BCUT2D eigenvalue weighted by molar-refractivity contribution is 5.85. The first-order valence-corrected chi connectivity index (χ1v) is 7.44. The van der Waals surface area contributed by atoms with Gasteiger partial charge in [0, 0.05) is 12.0 Å². The van der Waals surface area contributed by atoms with Crippen LogP contribution in [0.25, 0.3) is 0 Å². The van der Waals surface area contributed by atoms with E-state index < -0.39 is 12.1 Å². The summed E-state index contributed by atoms with van der Waals surface area (Å²) in [4.78, 5) is 1.90. The molecule has 7 heteroatoms. The average molecular weight is 309 g/mol. The van der Waals surface area contributed by atoms with Gasteiger partial charge in [0.25, 0.3) is 0 Å². The quantitative estimate of drug-likeness (QED) is 0.260. The van der Waals surface area contributed by atoms with Gasteiger partial charge in [-0.2, -0.15) is 13.2 Å². The number of hydrogen-bond acceptors (Lipinski definition) is 3. The normalized spacial score (nSPS) is 22.5. The summed E-state index contributed by atoms with van der Waals surface area (Å²) in [5, 5.41) is 11.7. The van der Waals surface area contributed by atoms with Crippen molar-refractivity contribution in [3.8, 4) is 0 Å². The molecular weight excluding hydrogens is 283 g/mol. The molecule has 1 unspecified atom stereocenters. The van der Waals surface area contributed by atoms with E-state index in [1.807, 2.05) is 18.7 Å². The van der Waals surface area contributed by atoms with E-state index in [1.165, 1.54) is 0 Å². The van der Waals surface area contributed by atoms with Gasteiger partial charge in [0.1, 0.15) is 5.84 Å². The van der Waals surface area contributed by atoms with Crippen LogP contribution in [-0.4, -0.2) is 41.8 Å². The SMILES string of the molecule is CC(C)(CCCCN1CCCC(C(F)(F)F)C1)C(N)=NO. The molecule has 0 radical (unpaired) electrons. The summed E-state index contributed by atoms with van der Waals surface area (Å²) >= 11 is 0. The number of likely N-dealkylation sites (tertiary alicyclic amines) is 1. The van der Waals surface area contributed by atoms with E-state index in [0.717, 1.165) is 25.8 Å². The molecule has 1 heterocycles. The van der Waals surface area contributed by atoms with Crippen molar-refractivity contribution in [2.24, 2.45) is 22.2 Å². The number of nitrogens with zero attached hydrogens (tertiary/aromatic N) is 2. The zero-order valence-corrected chi connectivity index (χ0v) is 12.8. The van der Waals surface area contributed by atoms with Crippen molar-refractivity contribution in [2.75, 3.05) is 19.6 Å². The second-order valence-electron chi connectivity index (χ2n) is 6.51. The van der Waals surface area contributed by atoms with Crippen molar-refractivity contribution < 1.29 is 18.4 Å². The summed E-state index contributed by atoms with van der Waals surface area (Å²) in [5.74, 6) is -0.988. The topological polar surface area (TPSA) is 61.8 Å². The minimum Gasteiger partial charge on any atom is -0.409 e. The van der Waals surface area contributed by atoms with Crippen LogP contribution < -0.4 is 5.73 Å². The van der Waals surface area contributed by atoms with Crippen LogP contribution in [0.4, 0.5) is 13.2 Å². The van der Waals surface area contributed by atoms with E-state index >= 15 is 0 Å². The van der Waals surface area contributed by atoms with Gasteiger partial charge in [-0.1, -0.05) is 25.4 Å². The van der Waals surface area contributed by atoms with Gasteiger partial charge in [-0.05, 0) is 38.8 Å². The Morgan fingerprint density at radius 2 is 2.00 bits per heavy atom. The number of alkyl halides is 3. The molecule has 1 aliphatic rings. The van der Waals surface area contributed by atoms with E-state index in [4.69, 9.17) is 10.9 Å². The third-order valence-electron chi connectivity index (χ3n) is 4.30. The summed E-state index contributed by atoms with van der Waals surface area (Å²) < 4.78 is 38.1. The highest BCUT2D eigenvalue weighted by Gasteiger charge is 2.41. The molecule has 1 saturated heterocycles. The minimum atomic E-state index is -4.08. The number of hydrogen-bond donors (Lipinski definition) is 2. The minimum absolute atomic E-state index is 0.118. The van der Waals surface area contributed by atoms with Crippen LogP contribution in [-0.2, 0) is 0 Å². The molecule has 0 aromatic heterocycles. The second kappa shape index (κ2) is 7.33. The van der Waals surface area contributed by atoms with Crippen molar-refractivity contribution in [2.45, 2.75) is 52.1 Å². The van der Waals surface area contributed by atoms with Crippen LogP contribution in [0.5, 0.6) is 0 Å². The molecule has 21 heavy (non-hydrogen) atoms. The molecule has 0 saturated carbocycles. The zero-order valence-electron chi connectivity index (χ0n) is 12.8. The predicted octanol–water partition coefficient (Wildman–Crippen LogP) is 3.20. The van der Waals surface area contributed by atoms with Gasteiger partial charge >= 0.3 is 6.18 Å². The molecule has 0 aromatic carbocycles. The molecule has 124 valence electrons. The van der Waals surface area contributed by atoms with Crippen LogP contribution >= 0.6 is 0 Å². The number of halogens is 3. The zero-order chi connectivity index (χ0) is 16.1. The van der Waals surface area contributed by atoms with Crippen molar-refractivity contribution in [3.05, 3.63) is 0 Å². The van der Waals surface area contributed by atoms with Crippen LogP contribution in [0.1, 0.15) is 46.0 Å². The second-order valence-corrected chi connectivity index (χ2v) is 6.51. The Balaban J connectivity index is 2.30. The highest BCUT2D eigenvalue weighted by atomic mass is 19.4. The number of unbranched alkanes of at least 4 members (excludes halogenated alkanes) is 1. The molecule has 0 spiro atoms. The fraction of sp³-hybridized carbons (Fsp3) is 0.929. The van der Waals surface area contributed by atoms with Crippen LogP contribution in [0.15, 0.2) is 5.16 Å². The van der Waals surface area contributed by atoms with Crippen molar-refractivity contribution >= 4 is 5.84 Å². The Bertz CT molecular complexity index is 356. The lowest BCUT2D eigenvalue weighted by Crippen LogP contribution is -2.42. The Morgan fingerprint density at radius 1 is 1.33 bits per heavy atom. The van der Waals surface area contributed by atoms with E-state index in [0.29, 0.717) is 13.0 Å². The Morgan fingerprint density at radius 3 is 2.57 bits per heavy atom. The van der Waals surface area contributed by atoms with E-state index in [-0.39, 0.29) is 24.2 Å². The number of oxime groups is 1. The van der Waals surface area contributed by atoms with Crippen molar-refractivity contribution in [1.29, 1.82) is 0 Å². The lowest BCUT2D eigenvalue weighted by molar-refractivity contribution is -0.186. The maximum absolute atomic E-state index is 12.7. The summed E-state index contributed by atoms with van der Waals surface area (Å²) in [6.07, 6.45) is -0.800. The van der Waals surface area contributed by atoms with Gasteiger partial charge in [-0.15, -0.1) is 0 Å². The molecule has 0 bridgehead atoms. The molecule has 1 aliphatic heterocycles. The van der Waals surface area contributed by atoms with Gasteiger partial charge < -0.3 is 15.8 Å². The first-order valence-electron chi connectivity index (χ1n) is 7.44. The monoisotopic (exact) mass is 309 g/mol. The average Bonchev–Trinajstić information content (AvgIpc) is 2.42. The molecule has 1 fully saturated rings. The van der Waals surface area contributed by atoms with E-state index in [9.17, 15) is 13.2 Å². The summed E-state index contributed by atoms with van der Waals surface area (Å²) in [5.41, 5.74) is 5.22. The smallest absolute Gasteiger partial charge is 0.393 e. The number of amidine groups is 1. The molecular formula is C14H26F3N3O. The molecule has 3 N–H and O–H groups in total. The fourth-order valence-electron chi connectivity index (χ4n) is 2.69. The number of nitrogens with two attached hydrogens (primary N) is 1. The maximum atomic E-state index is 12.7. The van der Waals surface area contributed by atoms with Crippen LogP contribution in [0.3, 0.4) is 0 Å². The maximum Gasteiger partial charge on any atom is 0.393 e. The largest absolute Gasteiger partial charge is 0.409 e. The van der Waals surface area contributed by atoms with Gasteiger partial charge in [-0.25, -0.2) is 0 Å². The van der Waals surface area contributed by atoms with Gasteiger partial charge in [-0.3, -0.25) is 0 Å². The summed E-state index contributed by atoms with van der Waals surface area (Å²) in [6, 6.07) is 0. The first kappa shape index (κ1) is 18.1. The van der Waals surface area contributed by atoms with Crippen molar-refractivity contribution in [1.82, 2.24) is 4.90 Å². The molecule has 0 aromatic rings. The Kier molecular flexibility index (Phi) is 6.31. The van der Waals surface area contributed by atoms with E-state index in [1.54, 1.807) is 0 Å². The van der Waals surface area contributed by atoms with Crippen LogP contribution in [0.2, 0.25) is 0 Å². The lowest BCUT2D eigenvalue weighted by atomic mass is 9.86. The predicted molar refractivity (Wildman–Crippen MR) is 76.3 cm³/mol. The lowest BCUT2D eigenvalue weighted by Gasteiger charge is -2.33. The van der Waals surface area contributed by atoms with Gasteiger partial charge in [0.05, 0.1) is 5.92 Å². The summed E-state index contributed by atoms with van der Waals surface area (Å²) in [6.45, 7) is 5.33. The Hall–Kier alpha value is -0.980. The molecule has 0 aliphatic carbocycles. The Labute approximate surface area is 124 Å². The van der Waals surface area contributed by atoms with Gasteiger partial charge in [0.15, 0.2) is 0 Å². The van der Waals surface area contributed by atoms with Gasteiger partial charge in [0.2, 0.25) is 0 Å². The molecule has 0 amide bonds. The number of rotatable bonds is 6. The molecule has 1 rings (SSSR count). The molecule has 1 atom stereocenters. The summed E-state index contributed by atoms with van der Waals surface area (Å²) in [7, 11) is 0. The molecule has 4 nitrogen and oxygen atoms in total. The van der Waals surface area contributed by atoms with Crippen LogP contribution in [0, 0.1) is 11.3 Å². The first-order chi connectivity index (χ1) is 9.66. The van der Waals surface area contributed by atoms with E-state index in [2.05, 4.69) is 5.16 Å². The standard InChI is InChI=1S/C14H26F3N3O/c1-13(2,12(18)19-21)7-3-4-8-20-9-5-6-11(10-20)14(15,16)17/h11,21H,3-10H2,1-2H3,(H2,18,19).